The average molecular weight is 386 g/mol. The van der Waals surface area contributed by atoms with Crippen LogP contribution in [-0.4, -0.2) is 24.8 Å². The number of pyridine rings is 1. The molecule has 0 aliphatic carbocycles. The highest BCUT2D eigenvalue weighted by atomic mass is 79.9. The number of sulfonamides is 1. The molecule has 0 amide bonds. The Morgan fingerprint density at radius 3 is 2.76 bits per heavy atom. The van der Waals surface area contributed by atoms with E-state index >= 15 is 0 Å². The Labute approximate surface area is 119 Å². The topological polar surface area (TPSA) is 59.1 Å². The highest BCUT2D eigenvalue weighted by Crippen LogP contribution is 2.14. The van der Waals surface area contributed by atoms with Crippen LogP contribution in [0.1, 0.15) is 19.8 Å². The van der Waals surface area contributed by atoms with Gasteiger partial charge in [0, 0.05) is 28.2 Å². The van der Waals surface area contributed by atoms with Gasteiger partial charge in [0.2, 0.25) is 10.0 Å². The molecule has 0 fully saturated rings. The van der Waals surface area contributed by atoms with Crippen molar-refractivity contribution in [3.8, 4) is 0 Å². The van der Waals surface area contributed by atoms with Crippen molar-refractivity contribution in [2.24, 2.45) is 0 Å². The molecule has 1 aromatic heterocycles. The van der Waals surface area contributed by atoms with E-state index < -0.39 is 10.0 Å². The Kier molecular flexibility index (Phi) is 6.05. The van der Waals surface area contributed by atoms with Crippen molar-refractivity contribution in [2.75, 3.05) is 6.54 Å². The van der Waals surface area contributed by atoms with Gasteiger partial charge in [-0.05, 0) is 34.8 Å². The summed E-state index contributed by atoms with van der Waals surface area (Å²) in [4.78, 5) is 4.35. The summed E-state index contributed by atoms with van der Waals surface area (Å²) in [5.41, 5.74) is 0. The molecule has 1 atom stereocenters. The van der Waals surface area contributed by atoms with Gasteiger partial charge in [-0.25, -0.2) is 13.1 Å². The Balaban J connectivity index is 2.63. The maximum Gasteiger partial charge on any atom is 0.242 e. The smallest absolute Gasteiger partial charge is 0.242 e. The molecule has 0 aliphatic heterocycles. The first-order chi connectivity index (χ1) is 7.95. The van der Waals surface area contributed by atoms with Crippen LogP contribution in [0.5, 0.6) is 0 Å². The van der Waals surface area contributed by atoms with Gasteiger partial charge in [-0.2, -0.15) is 0 Å². The zero-order chi connectivity index (χ0) is 12.9. The molecule has 1 N–H and O–H groups in total. The third kappa shape index (κ3) is 5.03. The van der Waals surface area contributed by atoms with Crippen LogP contribution >= 0.6 is 31.9 Å². The average Bonchev–Trinajstić information content (AvgIpc) is 2.28. The third-order valence-corrected chi connectivity index (χ3v) is 5.15. The standard InChI is InChI=1S/C10H14Br2N2O2S/c1-2-8(11)3-4-14-17(15,16)10-5-9(12)6-13-7-10/h5-8,14H,2-4H2,1H3. The lowest BCUT2D eigenvalue weighted by molar-refractivity contribution is 0.577. The first-order valence-electron chi connectivity index (χ1n) is 5.20. The summed E-state index contributed by atoms with van der Waals surface area (Å²) in [5, 5.41) is 0. The largest absolute Gasteiger partial charge is 0.262 e. The number of hydrogen-bond acceptors (Lipinski definition) is 3. The Hall–Kier alpha value is 0.0200. The van der Waals surface area contributed by atoms with Crippen molar-refractivity contribution in [3.63, 3.8) is 0 Å². The predicted octanol–water partition coefficient (Wildman–Crippen LogP) is 2.69. The predicted molar refractivity (Wildman–Crippen MR) is 74.7 cm³/mol. The van der Waals surface area contributed by atoms with Crippen LogP contribution in [0.4, 0.5) is 0 Å². The van der Waals surface area contributed by atoms with Crippen LogP contribution in [0.25, 0.3) is 0 Å². The van der Waals surface area contributed by atoms with Gasteiger partial charge in [-0.15, -0.1) is 0 Å². The number of aromatic nitrogens is 1. The summed E-state index contributed by atoms with van der Waals surface area (Å²) in [7, 11) is -3.45. The van der Waals surface area contributed by atoms with Gasteiger partial charge in [0.25, 0.3) is 0 Å². The van der Waals surface area contributed by atoms with Crippen LogP contribution < -0.4 is 4.72 Å². The van der Waals surface area contributed by atoms with Crippen molar-refractivity contribution >= 4 is 41.9 Å². The van der Waals surface area contributed by atoms with Crippen LogP contribution in [-0.2, 0) is 10.0 Å². The Morgan fingerprint density at radius 1 is 1.47 bits per heavy atom. The van der Waals surface area contributed by atoms with Crippen molar-refractivity contribution in [1.29, 1.82) is 0 Å². The van der Waals surface area contributed by atoms with Gasteiger partial charge in [0.05, 0.1) is 0 Å². The third-order valence-electron chi connectivity index (χ3n) is 2.18. The summed E-state index contributed by atoms with van der Waals surface area (Å²) in [5.74, 6) is 0. The molecule has 0 bridgehead atoms. The number of nitrogens with zero attached hydrogens (tertiary/aromatic N) is 1. The van der Waals surface area contributed by atoms with Crippen molar-refractivity contribution in [3.05, 3.63) is 22.9 Å². The molecule has 0 spiro atoms. The van der Waals surface area contributed by atoms with Crippen molar-refractivity contribution in [2.45, 2.75) is 29.5 Å². The molecule has 0 saturated carbocycles. The normalized spacial score (nSPS) is 13.6. The van der Waals surface area contributed by atoms with E-state index in [4.69, 9.17) is 0 Å². The van der Waals surface area contributed by atoms with E-state index in [1.54, 1.807) is 6.20 Å². The Morgan fingerprint density at radius 2 is 2.18 bits per heavy atom. The van der Waals surface area contributed by atoms with Crippen LogP contribution in [0.2, 0.25) is 0 Å². The molecule has 96 valence electrons. The van der Waals surface area contributed by atoms with Crippen LogP contribution in [0, 0.1) is 0 Å². The second-order valence-corrected chi connectivity index (χ2v) is 7.51. The second kappa shape index (κ2) is 6.82. The minimum absolute atomic E-state index is 0.175. The number of halogens is 2. The molecule has 7 heteroatoms. The number of nitrogens with one attached hydrogen (secondary N) is 1. The molecule has 1 aromatic rings. The fraction of sp³-hybridized carbons (Fsp3) is 0.500. The van der Waals surface area contributed by atoms with E-state index in [0.717, 1.165) is 12.8 Å². The lowest BCUT2D eigenvalue weighted by atomic mass is 10.2. The molecule has 0 saturated heterocycles. The van der Waals surface area contributed by atoms with E-state index in [0.29, 0.717) is 15.8 Å². The van der Waals surface area contributed by atoms with E-state index in [-0.39, 0.29) is 4.90 Å². The zero-order valence-electron chi connectivity index (χ0n) is 9.36. The van der Waals surface area contributed by atoms with Gasteiger partial charge < -0.3 is 0 Å². The molecule has 17 heavy (non-hydrogen) atoms. The molecule has 1 unspecified atom stereocenters. The first-order valence-corrected chi connectivity index (χ1v) is 8.39. The molecule has 1 rings (SSSR count). The van der Waals surface area contributed by atoms with E-state index in [2.05, 4.69) is 41.6 Å². The van der Waals surface area contributed by atoms with Gasteiger partial charge in [0.1, 0.15) is 4.90 Å². The number of rotatable bonds is 6. The molecule has 1 heterocycles. The number of hydrogen-bond donors (Lipinski definition) is 1. The quantitative estimate of drug-likeness (QED) is 0.765. The Bertz CT molecular complexity index is 465. The number of alkyl halides is 1. The van der Waals surface area contributed by atoms with Gasteiger partial charge in [-0.1, -0.05) is 22.9 Å². The minimum Gasteiger partial charge on any atom is -0.262 e. The summed E-state index contributed by atoms with van der Waals surface area (Å²) in [6.07, 6.45) is 4.61. The highest BCUT2D eigenvalue weighted by molar-refractivity contribution is 9.10. The fourth-order valence-corrected chi connectivity index (χ4v) is 2.96. The van der Waals surface area contributed by atoms with Crippen molar-refractivity contribution in [1.82, 2.24) is 9.71 Å². The molecular formula is C10H14Br2N2O2S. The molecule has 4 nitrogen and oxygen atoms in total. The molecule has 0 aliphatic rings. The maximum atomic E-state index is 11.9. The van der Waals surface area contributed by atoms with Gasteiger partial charge in [0.15, 0.2) is 0 Å². The molecule has 0 radical (unpaired) electrons. The van der Waals surface area contributed by atoms with E-state index in [1.165, 1.54) is 12.3 Å². The second-order valence-electron chi connectivity index (χ2n) is 3.53. The SMILES string of the molecule is CCC(Br)CCNS(=O)(=O)c1cncc(Br)c1. The lowest BCUT2D eigenvalue weighted by Gasteiger charge is -2.09. The van der Waals surface area contributed by atoms with E-state index in [9.17, 15) is 8.42 Å². The molecule has 0 aromatic carbocycles. The maximum absolute atomic E-state index is 11.9. The van der Waals surface area contributed by atoms with Crippen molar-refractivity contribution < 1.29 is 8.42 Å². The molecular weight excluding hydrogens is 372 g/mol. The monoisotopic (exact) mass is 384 g/mol. The van der Waals surface area contributed by atoms with Gasteiger partial charge in [-0.3, -0.25) is 4.98 Å². The van der Waals surface area contributed by atoms with Gasteiger partial charge >= 0.3 is 0 Å². The minimum atomic E-state index is -3.45. The summed E-state index contributed by atoms with van der Waals surface area (Å²) < 4.78 is 26.9. The van der Waals surface area contributed by atoms with Crippen LogP contribution in [0.15, 0.2) is 27.8 Å². The first kappa shape index (κ1) is 15.1. The summed E-state index contributed by atoms with van der Waals surface area (Å²) >= 11 is 6.65. The van der Waals surface area contributed by atoms with E-state index in [1.807, 2.05) is 6.92 Å². The fourth-order valence-electron chi connectivity index (χ4n) is 1.18. The highest BCUT2D eigenvalue weighted by Gasteiger charge is 2.14. The summed E-state index contributed by atoms with van der Waals surface area (Å²) in [6, 6.07) is 1.53. The van der Waals surface area contributed by atoms with Crippen LogP contribution in [0.3, 0.4) is 0 Å². The zero-order valence-corrected chi connectivity index (χ0v) is 13.3. The summed E-state index contributed by atoms with van der Waals surface area (Å²) in [6.45, 7) is 2.46. The lowest BCUT2D eigenvalue weighted by Crippen LogP contribution is -2.26.